The van der Waals surface area contributed by atoms with Gasteiger partial charge in [-0.25, -0.2) is 0 Å². The summed E-state index contributed by atoms with van der Waals surface area (Å²) >= 11 is 0. The van der Waals surface area contributed by atoms with Gasteiger partial charge in [0.05, 0.1) is 5.54 Å². The number of nitrogens with one attached hydrogen (secondary N) is 2. The van der Waals surface area contributed by atoms with Crippen molar-refractivity contribution in [2.45, 2.75) is 51.1 Å². The van der Waals surface area contributed by atoms with Crippen LogP contribution >= 0.6 is 0 Å². The highest BCUT2D eigenvalue weighted by Gasteiger charge is 2.34. The Bertz CT molecular complexity index is 333. The topological polar surface area (TPSA) is 47.6 Å². The number of amides is 1. The van der Waals surface area contributed by atoms with E-state index in [1.807, 2.05) is 13.8 Å². The normalized spacial score (nSPS) is 21.9. The highest BCUT2D eigenvalue weighted by Crippen LogP contribution is 2.22. The number of hydrogen-bond acceptors (Lipinski definition) is 4. The summed E-state index contributed by atoms with van der Waals surface area (Å²) in [7, 11) is 2.18. The van der Waals surface area contributed by atoms with Crippen molar-refractivity contribution >= 4 is 5.91 Å². The lowest BCUT2D eigenvalue weighted by atomic mass is 10.0. The highest BCUT2D eigenvalue weighted by molar-refractivity contribution is 5.85. The quantitative estimate of drug-likeness (QED) is 0.756. The molecule has 1 aliphatic carbocycles. The van der Waals surface area contributed by atoms with Crippen LogP contribution in [0.25, 0.3) is 0 Å². The first-order valence-electron chi connectivity index (χ1n) is 8.46. The number of carbonyl (C=O) groups excluding carboxylic acids is 1. The average molecular weight is 296 g/mol. The monoisotopic (exact) mass is 296 g/mol. The minimum Gasteiger partial charge on any atom is -0.353 e. The van der Waals surface area contributed by atoms with Crippen LogP contribution in [0.4, 0.5) is 0 Å². The molecular weight excluding hydrogens is 264 g/mol. The maximum absolute atomic E-state index is 12.5. The van der Waals surface area contributed by atoms with Crippen molar-refractivity contribution in [3.05, 3.63) is 0 Å². The predicted octanol–water partition coefficient (Wildman–Crippen LogP) is 0.661. The maximum atomic E-state index is 12.5. The highest BCUT2D eigenvalue weighted by atomic mass is 16.2. The number of nitrogens with zero attached hydrogens (tertiary/aromatic N) is 2. The summed E-state index contributed by atoms with van der Waals surface area (Å²) in [6, 6.07) is 0.725. The Morgan fingerprint density at radius 2 is 1.90 bits per heavy atom. The fourth-order valence-electron chi connectivity index (χ4n) is 3.46. The second kappa shape index (κ2) is 7.56. The molecule has 0 unspecified atom stereocenters. The molecule has 5 nitrogen and oxygen atoms in total. The van der Waals surface area contributed by atoms with Gasteiger partial charge in [-0.15, -0.1) is 0 Å². The summed E-state index contributed by atoms with van der Waals surface area (Å²) in [5, 5.41) is 6.47. The lowest BCUT2D eigenvalue weighted by Gasteiger charge is -2.40. The number of piperazine rings is 1. The van der Waals surface area contributed by atoms with Gasteiger partial charge in [-0.3, -0.25) is 9.69 Å². The van der Waals surface area contributed by atoms with Crippen molar-refractivity contribution in [2.24, 2.45) is 0 Å². The van der Waals surface area contributed by atoms with Crippen molar-refractivity contribution in [3.8, 4) is 0 Å². The minimum absolute atomic E-state index is 0.157. The molecule has 2 fully saturated rings. The molecule has 0 aromatic heterocycles. The van der Waals surface area contributed by atoms with Gasteiger partial charge in [-0.2, -0.15) is 0 Å². The molecule has 1 aliphatic heterocycles. The first kappa shape index (κ1) is 16.7. The predicted molar refractivity (Wildman–Crippen MR) is 86.4 cm³/mol. The largest absolute Gasteiger partial charge is 0.353 e. The third-order valence-corrected chi connectivity index (χ3v) is 5.16. The molecule has 2 rings (SSSR count). The van der Waals surface area contributed by atoms with Gasteiger partial charge < -0.3 is 15.5 Å². The summed E-state index contributed by atoms with van der Waals surface area (Å²) in [5.41, 5.74) is -0.409. The van der Waals surface area contributed by atoms with Crippen LogP contribution in [-0.4, -0.2) is 73.6 Å². The van der Waals surface area contributed by atoms with Crippen molar-refractivity contribution in [2.75, 3.05) is 46.3 Å². The van der Waals surface area contributed by atoms with Crippen LogP contribution in [0.15, 0.2) is 0 Å². The Balaban J connectivity index is 1.72. The van der Waals surface area contributed by atoms with E-state index in [0.717, 1.165) is 45.3 Å². The zero-order valence-electron chi connectivity index (χ0n) is 14.0. The minimum atomic E-state index is -0.409. The van der Waals surface area contributed by atoms with E-state index in [4.69, 9.17) is 0 Å². The van der Waals surface area contributed by atoms with Crippen LogP contribution in [0.3, 0.4) is 0 Å². The Labute approximate surface area is 129 Å². The molecule has 0 aromatic rings. The molecule has 1 saturated heterocycles. The zero-order chi connectivity index (χ0) is 15.3. The van der Waals surface area contributed by atoms with E-state index in [1.165, 1.54) is 25.7 Å². The van der Waals surface area contributed by atoms with Crippen LogP contribution in [0.2, 0.25) is 0 Å². The van der Waals surface area contributed by atoms with E-state index >= 15 is 0 Å². The summed E-state index contributed by atoms with van der Waals surface area (Å²) < 4.78 is 0. The fourth-order valence-corrected chi connectivity index (χ4v) is 3.46. The average Bonchev–Trinajstić information content (AvgIpc) is 3.02. The maximum Gasteiger partial charge on any atom is 0.239 e. The molecule has 0 spiro atoms. The Morgan fingerprint density at radius 3 is 2.52 bits per heavy atom. The third kappa shape index (κ3) is 4.41. The summed E-state index contributed by atoms with van der Waals surface area (Å²) in [6.07, 6.45) is 5.35. The zero-order valence-corrected chi connectivity index (χ0v) is 14.0. The van der Waals surface area contributed by atoms with Crippen LogP contribution in [-0.2, 0) is 4.79 Å². The first-order chi connectivity index (χ1) is 10.0. The molecule has 0 aromatic carbocycles. The van der Waals surface area contributed by atoms with Gasteiger partial charge in [0.1, 0.15) is 0 Å². The fraction of sp³-hybridized carbons (Fsp3) is 0.938. The van der Waals surface area contributed by atoms with Gasteiger partial charge in [0.15, 0.2) is 0 Å². The molecule has 2 aliphatic rings. The SMILES string of the molecule is CN(CCNC(=O)C(C)(C)N1CCNCC1)C1CCCC1. The molecule has 1 saturated carbocycles. The lowest BCUT2D eigenvalue weighted by Crippen LogP contribution is -2.60. The van der Waals surface area contributed by atoms with Crippen LogP contribution < -0.4 is 10.6 Å². The van der Waals surface area contributed by atoms with Gasteiger partial charge in [0.2, 0.25) is 5.91 Å². The van der Waals surface area contributed by atoms with E-state index in [2.05, 4.69) is 27.5 Å². The van der Waals surface area contributed by atoms with Crippen molar-refractivity contribution in [3.63, 3.8) is 0 Å². The Hall–Kier alpha value is -0.650. The smallest absolute Gasteiger partial charge is 0.239 e. The number of hydrogen-bond donors (Lipinski definition) is 2. The van der Waals surface area contributed by atoms with Crippen LogP contribution in [0, 0.1) is 0 Å². The van der Waals surface area contributed by atoms with Crippen LogP contribution in [0.1, 0.15) is 39.5 Å². The van der Waals surface area contributed by atoms with Crippen molar-refractivity contribution in [1.82, 2.24) is 20.4 Å². The Morgan fingerprint density at radius 1 is 1.29 bits per heavy atom. The van der Waals surface area contributed by atoms with Gasteiger partial charge in [0, 0.05) is 45.3 Å². The van der Waals surface area contributed by atoms with Gasteiger partial charge in [-0.1, -0.05) is 12.8 Å². The molecule has 2 N–H and O–H groups in total. The first-order valence-corrected chi connectivity index (χ1v) is 8.46. The van der Waals surface area contributed by atoms with E-state index < -0.39 is 5.54 Å². The number of likely N-dealkylation sites (N-methyl/N-ethyl adjacent to an activating group) is 1. The summed E-state index contributed by atoms with van der Waals surface area (Å²) in [6.45, 7) is 9.62. The molecule has 1 amide bonds. The van der Waals surface area contributed by atoms with Gasteiger partial charge >= 0.3 is 0 Å². The van der Waals surface area contributed by atoms with Crippen molar-refractivity contribution in [1.29, 1.82) is 0 Å². The number of rotatable bonds is 6. The van der Waals surface area contributed by atoms with E-state index in [-0.39, 0.29) is 5.91 Å². The second-order valence-electron chi connectivity index (χ2n) is 6.97. The molecule has 122 valence electrons. The van der Waals surface area contributed by atoms with Crippen LogP contribution in [0.5, 0.6) is 0 Å². The van der Waals surface area contributed by atoms with E-state index in [1.54, 1.807) is 0 Å². The van der Waals surface area contributed by atoms with E-state index in [9.17, 15) is 4.79 Å². The Kier molecular flexibility index (Phi) is 6.02. The molecule has 0 atom stereocenters. The van der Waals surface area contributed by atoms with Gasteiger partial charge in [0.25, 0.3) is 0 Å². The van der Waals surface area contributed by atoms with Crippen molar-refractivity contribution < 1.29 is 4.79 Å². The molecule has 5 heteroatoms. The van der Waals surface area contributed by atoms with E-state index in [0.29, 0.717) is 0 Å². The number of carbonyl (C=O) groups is 1. The molecular formula is C16H32N4O. The second-order valence-corrected chi connectivity index (χ2v) is 6.97. The standard InChI is InChI=1S/C16H32N4O/c1-16(2,20-12-8-17-9-13-20)15(21)18-10-11-19(3)14-6-4-5-7-14/h14,17H,4-13H2,1-3H3,(H,18,21). The summed E-state index contributed by atoms with van der Waals surface area (Å²) in [4.78, 5) is 17.2. The summed E-state index contributed by atoms with van der Waals surface area (Å²) in [5.74, 6) is 0.157. The van der Waals surface area contributed by atoms with Gasteiger partial charge in [-0.05, 0) is 33.7 Å². The molecule has 0 radical (unpaired) electrons. The third-order valence-electron chi connectivity index (χ3n) is 5.16. The molecule has 0 bridgehead atoms. The molecule has 1 heterocycles. The molecule has 21 heavy (non-hydrogen) atoms. The lowest BCUT2D eigenvalue weighted by molar-refractivity contribution is -0.132.